The SMILES string of the molecule is COc1ccc([C@@H](CCCCNC(=O)OC(C)(C)C)N2C(=O)c3cccc(N4CCN([C@H](C)c5ccccc5)CC4)c3C2=O)cc1OC. The molecule has 1 N–H and O–H groups in total. The first kappa shape index (κ1) is 34.8. The van der Waals surface area contributed by atoms with Gasteiger partial charge in [-0.2, -0.15) is 0 Å². The Kier molecular flexibility index (Phi) is 10.9. The predicted molar refractivity (Wildman–Crippen MR) is 186 cm³/mol. The molecule has 5 rings (SSSR count). The Labute approximate surface area is 283 Å². The highest BCUT2D eigenvalue weighted by Gasteiger charge is 2.43. The molecular weight excluding hydrogens is 608 g/mol. The molecule has 2 aliphatic rings. The molecule has 2 heterocycles. The Morgan fingerprint density at radius 2 is 1.54 bits per heavy atom. The molecule has 0 unspecified atom stereocenters. The molecule has 0 saturated carbocycles. The number of imide groups is 1. The number of ether oxygens (including phenoxy) is 3. The smallest absolute Gasteiger partial charge is 0.407 e. The topological polar surface area (TPSA) is 101 Å². The van der Waals surface area contributed by atoms with Gasteiger partial charge in [-0.25, -0.2) is 4.79 Å². The minimum absolute atomic E-state index is 0.287. The molecule has 0 spiro atoms. The van der Waals surface area contributed by atoms with Gasteiger partial charge in [0, 0.05) is 38.8 Å². The van der Waals surface area contributed by atoms with Crippen LogP contribution in [0.15, 0.2) is 66.7 Å². The Bertz CT molecular complexity index is 1600. The van der Waals surface area contributed by atoms with Crippen LogP contribution < -0.4 is 19.7 Å². The molecule has 3 aromatic carbocycles. The number of rotatable bonds is 12. The Balaban J connectivity index is 1.34. The molecule has 10 nitrogen and oxygen atoms in total. The van der Waals surface area contributed by atoms with E-state index in [1.807, 2.05) is 51.1 Å². The summed E-state index contributed by atoms with van der Waals surface area (Å²) in [5.74, 6) is 0.482. The van der Waals surface area contributed by atoms with E-state index in [0.29, 0.717) is 48.4 Å². The maximum atomic E-state index is 14.4. The minimum Gasteiger partial charge on any atom is -0.493 e. The van der Waals surface area contributed by atoms with E-state index in [-0.39, 0.29) is 17.9 Å². The second kappa shape index (κ2) is 15.1. The van der Waals surface area contributed by atoms with Crippen LogP contribution in [-0.4, -0.2) is 80.3 Å². The van der Waals surface area contributed by atoms with Crippen LogP contribution in [0.25, 0.3) is 0 Å². The Hall–Kier alpha value is -4.57. The lowest BCUT2D eigenvalue weighted by Gasteiger charge is -2.39. The molecule has 2 atom stereocenters. The standard InChI is InChI=1S/C38H48N4O6/c1-26(27-13-8-7-9-14-27)40-21-23-41(24-22-40)31-17-12-15-29-34(31)36(44)42(35(29)43)30(28-18-19-32(46-5)33(25-28)47-6)16-10-11-20-39-37(45)48-38(2,3)4/h7-9,12-15,17-19,25-26,30H,10-11,16,20-24H2,1-6H3,(H,39,45)/t26-,30-/m1/s1. The van der Waals surface area contributed by atoms with Gasteiger partial charge < -0.3 is 24.4 Å². The lowest BCUT2D eigenvalue weighted by atomic mass is 9.98. The summed E-state index contributed by atoms with van der Waals surface area (Å²) >= 11 is 0. The zero-order chi connectivity index (χ0) is 34.4. The predicted octanol–water partition coefficient (Wildman–Crippen LogP) is 6.62. The number of benzene rings is 3. The summed E-state index contributed by atoms with van der Waals surface area (Å²) in [4.78, 5) is 46.7. The highest BCUT2D eigenvalue weighted by molar-refractivity contribution is 6.24. The summed E-state index contributed by atoms with van der Waals surface area (Å²) in [6, 6.07) is 21.3. The lowest BCUT2D eigenvalue weighted by molar-refractivity contribution is 0.0526. The van der Waals surface area contributed by atoms with Gasteiger partial charge in [0.25, 0.3) is 11.8 Å². The fraction of sp³-hybridized carbons (Fsp3) is 0.447. The van der Waals surface area contributed by atoms with Gasteiger partial charge in [0.2, 0.25) is 0 Å². The van der Waals surface area contributed by atoms with Gasteiger partial charge in [-0.1, -0.05) is 42.5 Å². The average molecular weight is 657 g/mol. The van der Waals surface area contributed by atoms with E-state index in [2.05, 4.69) is 46.3 Å². The fourth-order valence-corrected chi connectivity index (χ4v) is 6.60. The molecule has 10 heteroatoms. The molecule has 256 valence electrons. The van der Waals surface area contributed by atoms with E-state index in [0.717, 1.165) is 37.4 Å². The van der Waals surface area contributed by atoms with Crippen LogP contribution in [0.3, 0.4) is 0 Å². The largest absolute Gasteiger partial charge is 0.493 e. The van der Waals surface area contributed by atoms with Crippen molar-refractivity contribution in [3.63, 3.8) is 0 Å². The number of alkyl carbamates (subject to hydrolysis) is 1. The molecule has 0 radical (unpaired) electrons. The number of unbranched alkanes of at least 4 members (excludes halogenated alkanes) is 1. The third kappa shape index (κ3) is 7.76. The number of carbonyl (C=O) groups is 3. The number of nitrogens with zero attached hydrogens (tertiary/aromatic N) is 3. The van der Waals surface area contributed by atoms with Crippen molar-refractivity contribution in [1.29, 1.82) is 0 Å². The second-order valence-electron chi connectivity index (χ2n) is 13.3. The van der Waals surface area contributed by atoms with E-state index >= 15 is 0 Å². The van der Waals surface area contributed by atoms with Crippen LogP contribution in [0, 0.1) is 0 Å². The third-order valence-corrected chi connectivity index (χ3v) is 9.09. The zero-order valence-electron chi connectivity index (χ0n) is 29.0. The summed E-state index contributed by atoms with van der Waals surface area (Å²) in [5, 5.41) is 2.80. The van der Waals surface area contributed by atoms with Gasteiger partial charge >= 0.3 is 6.09 Å². The lowest BCUT2D eigenvalue weighted by Crippen LogP contribution is -2.47. The normalized spacial score (nSPS) is 16.4. The maximum Gasteiger partial charge on any atom is 0.407 e. The number of fused-ring (bicyclic) bond motifs is 1. The molecule has 1 fully saturated rings. The van der Waals surface area contributed by atoms with Crippen LogP contribution in [0.1, 0.15) is 90.9 Å². The molecule has 48 heavy (non-hydrogen) atoms. The highest BCUT2D eigenvalue weighted by Crippen LogP contribution is 2.41. The summed E-state index contributed by atoms with van der Waals surface area (Å²) in [6.45, 7) is 11.3. The van der Waals surface area contributed by atoms with Gasteiger partial charge in [0.1, 0.15) is 5.60 Å². The number of amides is 3. The van der Waals surface area contributed by atoms with Crippen molar-refractivity contribution >= 4 is 23.6 Å². The first-order valence-electron chi connectivity index (χ1n) is 16.8. The summed E-state index contributed by atoms with van der Waals surface area (Å²) < 4.78 is 16.4. The first-order chi connectivity index (χ1) is 23.0. The number of methoxy groups -OCH3 is 2. The summed E-state index contributed by atoms with van der Waals surface area (Å²) in [7, 11) is 3.13. The average Bonchev–Trinajstić information content (AvgIpc) is 3.34. The number of anilines is 1. The number of hydrogen-bond acceptors (Lipinski definition) is 8. The molecule has 1 saturated heterocycles. The van der Waals surface area contributed by atoms with Crippen molar-refractivity contribution in [3.8, 4) is 11.5 Å². The minimum atomic E-state index is -0.582. The zero-order valence-corrected chi connectivity index (χ0v) is 29.0. The van der Waals surface area contributed by atoms with E-state index in [4.69, 9.17) is 14.2 Å². The molecule has 0 bridgehead atoms. The van der Waals surface area contributed by atoms with Gasteiger partial charge in [0.05, 0.1) is 37.1 Å². The van der Waals surface area contributed by atoms with Gasteiger partial charge in [-0.3, -0.25) is 19.4 Å². The maximum absolute atomic E-state index is 14.4. The van der Waals surface area contributed by atoms with Crippen LogP contribution in [-0.2, 0) is 4.74 Å². The van der Waals surface area contributed by atoms with Gasteiger partial charge in [0.15, 0.2) is 11.5 Å². The van der Waals surface area contributed by atoms with Crippen molar-refractivity contribution in [2.75, 3.05) is 51.8 Å². The van der Waals surface area contributed by atoms with E-state index in [1.54, 1.807) is 26.4 Å². The van der Waals surface area contributed by atoms with Crippen molar-refractivity contribution in [1.82, 2.24) is 15.1 Å². The Morgan fingerprint density at radius 1 is 0.833 bits per heavy atom. The van der Waals surface area contributed by atoms with Gasteiger partial charge in [-0.15, -0.1) is 0 Å². The van der Waals surface area contributed by atoms with E-state index < -0.39 is 17.7 Å². The monoisotopic (exact) mass is 656 g/mol. The Morgan fingerprint density at radius 3 is 2.21 bits per heavy atom. The van der Waals surface area contributed by atoms with Crippen LogP contribution in [0.4, 0.5) is 10.5 Å². The summed E-state index contributed by atoms with van der Waals surface area (Å²) in [6.07, 6.45) is 1.32. The van der Waals surface area contributed by atoms with Crippen molar-refractivity contribution in [2.45, 2.75) is 64.6 Å². The van der Waals surface area contributed by atoms with Crippen LogP contribution >= 0.6 is 0 Å². The number of nitrogens with one attached hydrogen (secondary N) is 1. The van der Waals surface area contributed by atoms with Gasteiger partial charge in [-0.05, 0) is 82.3 Å². The van der Waals surface area contributed by atoms with E-state index in [1.165, 1.54) is 10.5 Å². The van der Waals surface area contributed by atoms with Crippen LogP contribution in [0.2, 0.25) is 0 Å². The second-order valence-corrected chi connectivity index (χ2v) is 13.3. The fourth-order valence-electron chi connectivity index (χ4n) is 6.60. The molecule has 0 aliphatic carbocycles. The van der Waals surface area contributed by atoms with E-state index in [9.17, 15) is 14.4 Å². The van der Waals surface area contributed by atoms with Crippen LogP contribution in [0.5, 0.6) is 11.5 Å². The molecule has 3 amide bonds. The summed E-state index contributed by atoms with van der Waals surface area (Å²) in [5.41, 5.74) is 3.16. The van der Waals surface area contributed by atoms with Crippen molar-refractivity contribution < 1.29 is 28.6 Å². The molecule has 3 aromatic rings. The number of carbonyl (C=O) groups excluding carboxylic acids is 3. The highest BCUT2D eigenvalue weighted by atomic mass is 16.6. The van der Waals surface area contributed by atoms with Crippen molar-refractivity contribution in [3.05, 3.63) is 89.0 Å². The number of piperazine rings is 1. The van der Waals surface area contributed by atoms with Crippen molar-refractivity contribution in [2.24, 2.45) is 0 Å². The molecular formula is C38H48N4O6. The molecule has 2 aliphatic heterocycles. The first-order valence-corrected chi connectivity index (χ1v) is 16.8. The number of hydrogen-bond donors (Lipinski definition) is 1. The third-order valence-electron chi connectivity index (χ3n) is 9.09. The quantitative estimate of drug-likeness (QED) is 0.172. The molecule has 0 aromatic heterocycles.